The lowest BCUT2D eigenvalue weighted by Gasteiger charge is -2.31. The average molecular weight is 382 g/mol. The number of amides is 1. The van der Waals surface area contributed by atoms with Crippen molar-refractivity contribution in [2.24, 2.45) is 0 Å². The summed E-state index contributed by atoms with van der Waals surface area (Å²) in [6.45, 7) is -0.713. The van der Waals surface area contributed by atoms with Gasteiger partial charge in [0.1, 0.15) is 17.1 Å². The molecule has 1 heterocycles. The molecule has 0 saturated carbocycles. The van der Waals surface area contributed by atoms with E-state index in [-0.39, 0.29) is 6.42 Å². The summed E-state index contributed by atoms with van der Waals surface area (Å²) < 4.78 is 31.0. The summed E-state index contributed by atoms with van der Waals surface area (Å²) in [4.78, 5) is 13.1. The molecular formula is C15H15Cl2F2NO2S. The number of nitrogens with zero attached hydrogens (tertiary/aromatic N) is 1. The van der Waals surface area contributed by atoms with Crippen molar-refractivity contribution >= 4 is 46.6 Å². The highest BCUT2D eigenvalue weighted by Gasteiger charge is 2.32. The van der Waals surface area contributed by atoms with E-state index in [1.54, 1.807) is 24.3 Å². The van der Waals surface area contributed by atoms with Crippen LogP contribution in [0.2, 0.25) is 5.02 Å². The van der Waals surface area contributed by atoms with Gasteiger partial charge in [0.15, 0.2) is 0 Å². The maximum Gasteiger partial charge on any atom is 0.256 e. The van der Waals surface area contributed by atoms with Gasteiger partial charge in [0.2, 0.25) is 5.91 Å². The molecule has 8 heteroatoms. The number of allylic oxidation sites excluding steroid dienone is 1. The summed E-state index contributed by atoms with van der Waals surface area (Å²) in [5, 5.41) is -0.504. The fourth-order valence-corrected chi connectivity index (χ4v) is 2.94. The second-order valence-corrected chi connectivity index (χ2v) is 6.57. The molecule has 0 saturated heterocycles. The van der Waals surface area contributed by atoms with Crippen molar-refractivity contribution in [2.75, 3.05) is 18.7 Å². The number of carbonyl (C=O) groups is 1. The zero-order valence-corrected chi connectivity index (χ0v) is 14.6. The quantitative estimate of drug-likeness (QED) is 0.537. The summed E-state index contributed by atoms with van der Waals surface area (Å²) in [5.41, 5.74) is 0.856. The number of benzene rings is 1. The normalized spacial score (nSPS) is 18.3. The van der Waals surface area contributed by atoms with Crippen LogP contribution < -0.4 is 4.74 Å². The smallest absolute Gasteiger partial charge is 0.256 e. The number of ether oxygens (including phenoxy) is 1. The Balaban J connectivity index is 2.32. The van der Waals surface area contributed by atoms with Crippen LogP contribution in [-0.2, 0) is 4.79 Å². The van der Waals surface area contributed by atoms with E-state index in [9.17, 15) is 13.6 Å². The summed E-state index contributed by atoms with van der Waals surface area (Å²) in [7, 11) is 0. The van der Waals surface area contributed by atoms with E-state index in [1.807, 2.05) is 6.26 Å². The first-order chi connectivity index (χ1) is 10.9. The van der Waals surface area contributed by atoms with Crippen LogP contribution in [0.15, 0.2) is 24.3 Å². The first-order valence-electron chi connectivity index (χ1n) is 6.79. The Morgan fingerprint density at radius 2 is 2.22 bits per heavy atom. The first-order valence-corrected chi connectivity index (χ1v) is 9.00. The summed E-state index contributed by atoms with van der Waals surface area (Å²) in [5.74, 6) is 0.511. The van der Waals surface area contributed by atoms with Crippen LogP contribution in [0.25, 0.3) is 5.70 Å². The zero-order valence-electron chi connectivity index (χ0n) is 12.3. The molecule has 0 bridgehead atoms. The molecule has 1 aromatic rings. The minimum Gasteiger partial charge on any atom is -0.483 e. The van der Waals surface area contributed by atoms with Crippen LogP contribution in [0.4, 0.5) is 8.78 Å². The van der Waals surface area contributed by atoms with Crippen LogP contribution in [-0.4, -0.2) is 41.3 Å². The first kappa shape index (κ1) is 18.4. The molecule has 0 aromatic heterocycles. The Bertz CT molecular complexity index is 613. The molecule has 1 atom stereocenters. The molecule has 1 aliphatic rings. The number of halogens is 4. The Labute approximate surface area is 147 Å². The number of carbonyl (C=O) groups excluding carboxylic acids is 1. The van der Waals surface area contributed by atoms with Crippen molar-refractivity contribution in [3.63, 3.8) is 0 Å². The van der Waals surface area contributed by atoms with Gasteiger partial charge in [-0.05, 0) is 30.9 Å². The van der Waals surface area contributed by atoms with E-state index < -0.39 is 24.3 Å². The van der Waals surface area contributed by atoms with Crippen molar-refractivity contribution in [1.82, 2.24) is 4.90 Å². The van der Waals surface area contributed by atoms with Gasteiger partial charge in [-0.25, -0.2) is 8.78 Å². The van der Waals surface area contributed by atoms with Crippen molar-refractivity contribution < 1.29 is 18.3 Å². The predicted molar refractivity (Wildman–Crippen MR) is 90.4 cm³/mol. The van der Waals surface area contributed by atoms with Crippen LogP contribution in [0.5, 0.6) is 5.75 Å². The largest absolute Gasteiger partial charge is 0.483 e. The van der Waals surface area contributed by atoms with Gasteiger partial charge in [0.25, 0.3) is 6.43 Å². The molecule has 3 nitrogen and oxygen atoms in total. The lowest BCUT2D eigenvalue weighted by molar-refractivity contribution is -0.129. The molecule has 0 N–H and O–H groups in total. The van der Waals surface area contributed by atoms with Crippen molar-refractivity contribution in [3.05, 3.63) is 34.9 Å². The monoisotopic (exact) mass is 381 g/mol. The third kappa shape index (κ3) is 4.52. The molecule has 1 unspecified atom stereocenters. The molecule has 1 amide bonds. The third-order valence-electron chi connectivity index (χ3n) is 3.22. The van der Waals surface area contributed by atoms with Crippen molar-refractivity contribution in [3.8, 4) is 5.75 Å². The molecule has 1 aliphatic heterocycles. The van der Waals surface area contributed by atoms with Gasteiger partial charge < -0.3 is 9.64 Å². The Kier molecular flexibility index (Phi) is 6.56. The van der Waals surface area contributed by atoms with Crippen LogP contribution >= 0.6 is 35.0 Å². The number of hydrogen-bond donors (Lipinski definition) is 0. The molecule has 0 spiro atoms. The van der Waals surface area contributed by atoms with Crippen LogP contribution in [0.1, 0.15) is 12.0 Å². The molecule has 23 heavy (non-hydrogen) atoms. The minimum atomic E-state index is -2.66. The molecular weight excluding hydrogens is 367 g/mol. The van der Waals surface area contributed by atoms with Gasteiger partial charge in [-0.1, -0.05) is 17.7 Å². The fourth-order valence-electron chi connectivity index (χ4n) is 2.22. The summed E-state index contributed by atoms with van der Waals surface area (Å²) in [6.07, 6.45) is 1.17. The van der Waals surface area contributed by atoms with Gasteiger partial charge in [-0.3, -0.25) is 4.79 Å². The van der Waals surface area contributed by atoms with E-state index in [4.69, 9.17) is 27.9 Å². The predicted octanol–water partition coefficient (Wildman–Crippen LogP) is 4.49. The van der Waals surface area contributed by atoms with Crippen LogP contribution in [0, 0.1) is 0 Å². The Morgan fingerprint density at radius 3 is 2.83 bits per heavy atom. The Morgan fingerprint density at radius 1 is 1.48 bits per heavy atom. The molecule has 0 fully saturated rings. The lowest BCUT2D eigenvalue weighted by Crippen LogP contribution is -2.41. The fraction of sp³-hybridized carbons (Fsp3) is 0.400. The number of thioether (sulfide) groups is 1. The SMILES string of the molecule is CSCOc1ccc(C2=CCC(Cl)C(=O)N2CC(F)F)c(Cl)c1. The Hall–Kier alpha value is -0.980. The van der Waals surface area contributed by atoms with E-state index in [0.29, 0.717) is 28.0 Å². The highest BCUT2D eigenvalue weighted by Crippen LogP contribution is 2.34. The number of rotatable bonds is 6. The van der Waals surface area contributed by atoms with E-state index in [0.717, 1.165) is 4.90 Å². The zero-order chi connectivity index (χ0) is 17.0. The van der Waals surface area contributed by atoms with Gasteiger partial charge in [-0.15, -0.1) is 23.4 Å². The maximum atomic E-state index is 12.8. The summed E-state index contributed by atoms with van der Waals surface area (Å²) >= 11 is 13.6. The van der Waals surface area contributed by atoms with E-state index in [2.05, 4.69) is 0 Å². The standard InChI is InChI=1S/C15H15Cl2F2NO2S/c1-23-8-22-9-2-3-10(12(17)6-9)13-5-4-11(16)15(21)20(13)7-14(18)19/h2-3,5-6,11,14H,4,7-8H2,1H3. The topological polar surface area (TPSA) is 29.5 Å². The number of alkyl halides is 3. The highest BCUT2D eigenvalue weighted by molar-refractivity contribution is 7.98. The van der Waals surface area contributed by atoms with Gasteiger partial charge >= 0.3 is 0 Å². The second kappa shape index (κ2) is 8.22. The van der Waals surface area contributed by atoms with Gasteiger partial charge in [0, 0.05) is 11.3 Å². The molecule has 126 valence electrons. The average Bonchev–Trinajstić information content (AvgIpc) is 2.50. The van der Waals surface area contributed by atoms with Gasteiger partial charge in [-0.2, -0.15) is 0 Å². The third-order valence-corrected chi connectivity index (χ3v) is 4.25. The highest BCUT2D eigenvalue weighted by atomic mass is 35.5. The van der Waals surface area contributed by atoms with E-state index in [1.165, 1.54) is 11.8 Å². The molecule has 1 aromatic carbocycles. The minimum absolute atomic E-state index is 0.274. The molecule has 0 aliphatic carbocycles. The van der Waals surface area contributed by atoms with Crippen molar-refractivity contribution in [2.45, 2.75) is 18.2 Å². The maximum absolute atomic E-state index is 12.8. The second-order valence-electron chi connectivity index (χ2n) is 4.83. The van der Waals surface area contributed by atoms with Gasteiger partial charge in [0.05, 0.1) is 11.6 Å². The van der Waals surface area contributed by atoms with Crippen molar-refractivity contribution in [1.29, 1.82) is 0 Å². The van der Waals surface area contributed by atoms with Crippen LogP contribution in [0.3, 0.4) is 0 Å². The lowest BCUT2D eigenvalue weighted by atomic mass is 10.0. The number of hydrogen-bond acceptors (Lipinski definition) is 3. The molecule has 2 rings (SSSR count). The summed E-state index contributed by atoms with van der Waals surface area (Å²) in [6, 6.07) is 4.95. The van der Waals surface area contributed by atoms with E-state index >= 15 is 0 Å². The molecule has 0 radical (unpaired) electrons.